The topological polar surface area (TPSA) is 23.6 Å². The van der Waals surface area contributed by atoms with Gasteiger partial charge in [0, 0.05) is 44.0 Å². The lowest BCUT2D eigenvalue weighted by molar-refractivity contribution is -0.125. The Morgan fingerprint density at radius 2 is 2.00 bits per heavy atom. The second-order valence-corrected chi connectivity index (χ2v) is 7.13. The maximum absolute atomic E-state index is 12.4. The minimum atomic E-state index is 0.145. The Kier molecular flexibility index (Phi) is 5.57. The third-order valence-corrected chi connectivity index (χ3v) is 5.63. The molecule has 1 atom stereocenters. The first kappa shape index (κ1) is 15.6. The van der Waals surface area contributed by atoms with Crippen molar-refractivity contribution in [2.45, 2.75) is 18.9 Å². The van der Waals surface area contributed by atoms with E-state index in [-0.39, 0.29) is 5.91 Å². The standard InChI is InChI=1S/C18H24N2OS/c21-18(8-7-16-5-2-1-3-6-16)20-11-4-10-19(12-13-20)17-9-14-22-15-17/h1-3,5-8,17H,4,9-15H2. The molecule has 2 aliphatic rings. The summed E-state index contributed by atoms with van der Waals surface area (Å²) in [5, 5.41) is 0. The Bertz CT molecular complexity index is 511. The summed E-state index contributed by atoms with van der Waals surface area (Å²) in [7, 11) is 0. The molecule has 22 heavy (non-hydrogen) atoms. The largest absolute Gasteiger partial charge is 0.338 e. The first-order valence-corrected chi connectivity index (χ1v) is 9.32. The van der Waals surface area contributed by atoms with Crippen molar-refractivity contribution in [1.82, 2.24) is 9.80 Å². The van der Waals surface area contributed by atoms with Gasteiger partial charge in [-0.05, 0) is 30.2 Å². The van der Waals surface area contributed by atoms with Crippen LogP contribution in [0.5, 0.6) is 0 Å². The van der Waals surface area contributed by atoms with E-state index < -0.39 is 0 Å². The van der Waals surface area contributed by atoms with Gasteiger partial charge >= 0.3 is 0 Å². The molecule has 0 spiro atoms. The van der Waals surface area contributed by atoms with E-state index >= 15 is 0 Å². The van der Waals surface area contributed by atoms with Crippen molar-refractivity contribution in [2.75, 3.05) is 37.7 Å². The van der Waals surface area contributed by atoms with Crippen molar-refractivity contribution in [3.63, 3.8) is 0 Å². The van der Waals surface area contributed by atoms with Gasteiger partial charge in [-0.2, -0.15) is 11.8 Å². The zero-order valence-corrected chi connectivity index (χ0v) is 13.8. The molecule has 3 rings (SSSR count). The molecule has 0 aliphatic carbocycles. The molecule has 0 N–H and O–H groups in total. The number of carbonyl (C=O) groups is 1. The molecule has 2 fully saturated rings. The van der Waals surface area contributed by atoms with Crippen molar-refractivity contribution in [2.24, 2.45) is 0 Å². The number of amides is 1. The van der Waals surface area contributed by atoms with E-state index in [9.17, 15) is 4.79 Å². The molecule has 0 saturated carbocycles. The molecule has 2 heterocycles. The Labute approximate surface area is 137 Å². The molecule has 118 valence electrons. The smallest absolute Gasteiger partial charge is 0.246 e. The molecular formula is C18H24N2OS. The van der Waals surface area contributed by atoms with Crippen LogP contribution in [-0.2, 0) is 4.79 Å². The highest BCUT2D eigenvalue weighted by atomic mass is 32.2. The predicted molar refractivity (Wildman–Crippen MR) is 94.0 cm³/mol. The van der Waals surface area contributed by atoms with Crippen LogP contribution in [0.15, 0.2) is 36.4 Å². The first-order valence-electron chi connectivity index (χ1n) is 8.17. The van der Waals surface area contributed by atoms with Crippen molar-refractivity contribution in [1.29, 1.82) is 0 Å². The van der Waals surface area contributed by atoms with Crippen molar-refractivity contribution in [3.05, 3.63) is 42.0 Å². The van der Waals surface area contributed by atoms with Crippen molar-refractivity contribution in [3.8, 4) is 0 Å². The monoisotopic (exact) mass is 316 g/mol. The van der Waals surface area contributed by atoms with E-state index in [1.807, 2.05) is 41.3 Å². The fourth-order valence-corrected chi connectivity index (χ4v) is 4.43. The van der Waals surface area contributed by atoms with Gasteiger partial charge < -0.3 is 4.90 Å². The van der Waals surface area contributed by atoms with Gasteiger partial charge in [0.05, 0.1) is 0 Å². The minimum Gasteiger partial charge on any atom is -0.338 e. The zero-order chi connectivity index (χ0) is 15.2. The summed E-state index contributed by atoms with van der Waals surface area (Å²) < 4.78 is 0. The molecule has 3 nitrogen and oxygen atoms in total. The van der Waals surface area contributed by atoms with Gasteiger partial charge in [-0.3, -0.25) is 9.69 Å². The molecule has 1 aromatic rings. The number of hydrogen-bond donors (Lipinski definition) is 0. The van der Waals surface area contributed by atoms with Crippen LogP contribution in [-0.4, -0.2) is 59.4 Å². The Hall–Kier alpha value is -1.26. The van der Waals surface area contributed by atoms with Crippen molar-refractivity contribution < 1.29 is 4.79 Å². The van der Waals surface area contributed by atoms with Crippen molar-refractivity contribution >= 4 is 23.7 Å². The van der Waals surface area contributed by atoms with Crippen LogP contribution in [0.2, 0.25) is 0 Å². The highest BCUT2D eigenvalue weighted by molar-refractivity contribution is 7.99. The lowest BCUT2D eigenvalue weighted by Crippen LogP contribution is -2.39. The third kappa shape index (κ3) is 4.14. The van der Waals surface area contributed by atoms with Crippen LogP contribution < -0.4 is 0 Å². The zero-order valence-electron chi connectivity index (χ0n) is 13.0. The predicted octanol–water partition coefficient (Wildman–Crippen LogP) is 2.74. The lowest BCUT2D eigenvalue weighted by atomic mass is 10.2. The summed E-state index contributed by atoms with van der Waals surface area (Å²) in [6, 6.07) is 10.8. The molecule has 2 aliphatic heterocycles. The van der Waals surface area contributed by atoms with Crippen LogP contribution >= 0.6 is 11.8 Å². The number of carbonyl (C=O) groups excluding carboxylic acids is 1. The Morgan fingerprint density at radius 3 is 2.77 bits per heavy atom. The SMILES string of the molecule is O=C(C=Cc1ccccc1)N1CCCN(C2CCSC2)CC1. The van der Waals surface area contributed by atoms with E-state index in [1.54, 1.807) is 6.08 Å². The molecule has 1 aromatic carbocycles. The van der Waals surface area contributed by atoms with Crippen LogP contribution in [0.25, 0.3) is 6.08 Å². The molecule has 4 heteroatoms. The molecule has 0 aromatic heterocycles. The number of thioether (sulfide) groups is 1. The second kappa shape index (κ2) is 7.84. The molecule has 0 radical (unpaired) electrons. The van der Waals surface area contributed by atoms with Crippen LogP contribution in [0, 0.1) is 0 Å². The molecular weight excluding hydrogens is 292 g/mol. The number of rotatable bonds is 3. The van der Waals surface area contributed by atoms with E-state index in [0.29, 0.717) is 0 Å². The number of benzene rings is 1. The number of hydrogen-bond acceptors (Lipinski definition) is 3. The van der Waals surface area contributed by atoms with Gasteiger partial charge in [-0.25, -0.2) is 0 Å². The van der Waals surface area contributed by atoms with Crippen LogP contribution in [0.1, 0.15) is 18.4 Å². The lowest BCUT2D eigenvalue weighted by Gasteiger charge is -2.26. The van der Waals surface area contributed by atoms with Crippen LogP contribution in [0.4, 0.5) is 0 Å². The fraction of sp³-hybridized carbons (Fsp3) is 0.500. The third-order valence-electron chi connectivity index (χ3n) is 4.48. The second-order valence-electron chi connectivity index (χ2n) is 5.98. The van der Waals surface area contributed by atoms with Gasteiger partial charge in [-0.1, -0.05) is 30.3 Å². The highest BCUT2D eigenvalue weighted by Crippen LogP contribution is 2.23. The highest BCUT2D eigenvalue weighted by Gasteiger charge is 2.25. The van der Waals surface area contributed by atoms with Gasteiger partial charge in [0.1, 0.15) is 0 Å². The quantitative estimate of drug-likeness (QED) is 0.801. The van der Waals surface area contributed by atoms with Gasteiger partial charge in [0.2, 0.25) is 5.91 Å². The van der Waals surface area contributed by atoms with E-state index in [1.165, 1.54) is 17.9 Å². The number of nitrogens with zero attached hydrogens (tertiary/aromatic N) is 2. The summed E-state index contributed by atoms with van der Waals surface area (Å²) in [5.74, 6) is 2.71. The van der Waals surface area contributed by atoms with E-state index in [2.05, 4.69) is 16.7 Å². The summed E-state index contributed by atoms with van der Waals surface area (Å²) in [5.41, 5.74) is 1.08. The summed E-state index contributed by atoms with van der Waals surface area (Å²) in [6.07, 6.45) is 6.04. The molecule has 0 bridgehead atoms. The summed E-state index contributed by atoms with van der Waals surface area (Å²) in [6.45, 7) is 3.90. The molecule has 1 unspecified atom stereocenters. The summed E-state index contributed by atoms with van der Waals surface area (Å²) in [4.78, 5) is 17.0. The van der Waals surface area contributed by atoms with E-state index in [0.717, 1.165) is 44.2 Å². The minimum absolute atomic E-state index is 0.145. The Morgan fingerprint density at radius 1 is 1.14 bits per heavy atom. The normalized spacial score (nSPS) is 23.8. The maximum Gasteiger partial charge on any atom is 0.246 e. The van der Waals surface area contributed by atoms with E-state index in [4.69, 9.17) is 0 Å². The van der Waals surface area contributed by atoms with Gasteiger partial charge in [-0.15, -0.1) is 0 Å². The summed E-state index contributed by atoms with van der Waals surface area (Å²) >= 11 is 2.06. The molecule has 2 saturated heterocycles. The van der Waals surface area contributed by atoms with Crippen LogP contribution in [0.3, 0.4) is 0 Å². The fourth-order valence-electron chi connectivity index (χ4n) is 3.17. The average molecular weight is 316 g/mol. The Balaban J connectivity index is 1.54. The molecule has 1 amide bonds. The van der Waals surface area contributed by atoms with Gasteiger partial charge in [0.25, 0.3) is 0 Å². The van der Waals surface area contributed by atoms with Gasteiger partial charge in [0.15, 0.2) is 0 Å². The maximum atomic E-state index is 12.4. The first-order chi connectivity index (χ1) is 10.8. The average Bonchev–Trinajstić information content (AvgIpc) is 2.98.